The molecule has 1 aliphatic rings. The second-order valence-electron chi connectivity index (χ2n) is 7.40. The molecule has 0 bridgehead atoms. The summed E-state index contributed by atoms with van der Waals surface area (Å²) in [6, 6.07) is 11.5. The molecule has 1 fully saturated rings. The van der Waals surface area contributed by atoms with Gasteiger partial charge in [-0.15, -0.1) is 0 Å². The minimum absolute atomic E-state index is 0.0261. The van der Waals surface area contributed by atoms with Crippen LogP contribution in [-0.4, -0.2) is 38.0 Å². The van der Waals surface area contributed by atoms with Gasteiger partial charge in [0.15, 0.2) is 5.65 Å². The van der Waals surface area contributed by atoms with Gasteiger partial charge in [-0.25, -0.2) is 9.78 Å². The number of piperidine rings is 1. The molecule has 0 aliphatic carbocycles. The van der Waals surface area contributed by atoms with E-state index in [2.05, 4.69) is 4.98 Å². The van der Waals surface area contributed by atoms with E-state index in [1.54, 1.807) is 22.4 Å². The molecule has 1 aromatic carbocycles. The quantitative estimate of drug-likeness (QED) is 0.718. The molecule has 3 aromatic rings. The fourth-order valence-electron chi connectivity index (χ4n) is 3.85. The first-order valence-corrected chi connectivity index (χ1v) is 9.41. The van der Waals surface area contributed by atoms with Crippen LogP contribution in [0.5, 0.6) is 0 Å². The number of likely N-dealkylation sites (tertiary alicyclic amines) is 1. The highest BCUT2D eigenvalue weighted by Gasteiger charge is 2.25. The third-order valence-corrected chi connectivity index (χ3v) is 5.54. The molecular formula is C21H24N4O2. The number of nitrogens with zero attached hydrogens (tertiary/aromatic N) is 4. The summed E-state index contributed by atoms with van der Waals surface area (Å²) in [5.74, 6) is 0.467. The summed E-state index contributed by atoms with van der Waals surface area (Å²) >= 11 is 0. The molecule has 0 atom stereocenters. The van der Waals surface area contributed by atoms with Crippen LogP contribution in [0.3, 0.4) is 0 Å². The van der Waals surface area contributed by atoms with Crippen molar-refractivity contribution in [2.75, 3.05) is 13.1 Å². The predicted molar refractivity (Wildman–Crippen MR) is 105 cm³/mol. The Balaban J connectivity index is 1.45. The monoisotopic (exact) mass is 364 g/mol. The Hall–Kier alpha value is -2.89. The molecule has 1 aliphatic heterocycles. The van der Waals surface area contributed by atoms with E-state index in [4.69, 9.17) is 0 Å². The van der Waals surface area contributed by atoms with Crippen molar-refractivity contribution in [2.45, 2.75) is 26.3 Å². The lowest BCUT2D eigenvalue weighted by Gasteiger charge is -2.32. The maximum Gasteiger partial charge on any atom is 0.330 e. The van der Waals surface area contributed by atoms with Gasteiger partial charge >= 0.3 is 5.69 Å². The zero-order valence-corrected chi connectivity index (χ0v) is 15.8. The molecule has 0 spiro atoms. The fraction of sp³-hybridized carbons (Fsp3) is 0.381. The number of aromatic nitrogens is 3. The van der Waals surface area contributed by atoms with E-state index in [1.165, 1.54) is 0 Å². The molecule has 6 heteroatoms. The normalized spacial score (nSPS) is 15.4. The van der Waals surface area contributed by atoms with Crippen molar-refractivity contribution < 1.29 is 4.79 Å². The van der Waals surface area contributed by atoms with Gasteiger partial charge in [0.25, 0.3) is 5.91 Å². The van der Waals surface area contributed by atoms with Crippen molar-refractivity contribution in [3.63, 3.8) is 0 Å². The van der Waals surface area contributed by atoms with Gasteiger partial charge in [-0.3, -0.25) is 13.9 Å². The third kappa shape index (κ3) is 3.27. The summed E-state index contributed by atoms with van der Waals surface area (Å²) in [4.78, 5) is 31.6. The lowest BCUT2D eigenvalue weighted by molar-refractivity contribution is 0.0683. The molecule has 0 radical (unpaired) electrons. The molecule has 140 valence electrons. The SMILES string of the molecule is Cc1ccc(C(=O)N2CCC(Cn3c(=O)n(C)c4cccnc43)CC2)cc1. The van der Waals surface area contributed by atoms with E-state index in [0.717, 1.165) is 48.2 Å². The molecule has 1 saturated heterocycles. The summed E-state index contributed by atoms with van der Waals surface area (Å²) in [7, 11) is 1.78. The number of pyridine rings is 1. The average Bonchev–Trinajstić information content (AvgIpc) is 2.94. The van der Waals surface area contributed by atoms with Crippen LogP contribution in [0.2, 0.25) is 0 Å². The first-order chi connectivity index (χ1) is 13.0. The van der Waals surface area contributed by atoms with Crippen molar-refractivity contribution in [1.29, 1.82) is 0 Å². The summed E-state index contributed by atoms with van der Waals surface area (Å²) in [5.41, 5.74) is 3.47. The summed E-state index contributed by atoms with van der Waals surface area (Å²) in [6.45, 7) is 4.12. The number of hydrogen-bond donors (Lipinski definition) is 0. The number of amides is 1. The smallest absolute Gasteiger partial charge is 0.330 e. The van der Waals surface area contributed by atoms with Crippen molar-refractivity contribution in [1.82, 2.24) is 19.0 Å². The fourth-order valence-corrected chi connectivity index (χ4v) is 3.85. The van der Waals surface area contributed by atoms with Crippen LogP contribution in [0, 0.1) is 12.8 Å². The van der Waals surface area contributed by atoms with Gasteiger partial charge in [-0.2, -0.15) is 0 Å². The zero-order valence-electron chi connectivity index (χ0n) is 15.8. The standard InChI is InChI=1S/C21H24N4O2/c1-15-5-7-17(8-6-15)20(26)24-12-9-16(10-13-24)14-25-19-18(4-3-11-22-19)23(2)21(25)27/h3-8,11,16H,9-10,12-14H2,1-2H3. The van der Waals surface area contributed by atoms with E-state index in [1.807, 2.05) is 48.2 Å². The van der Waals surface area contributed by atoms with Crippen LogP contribution in [0.15, 0.2) is 47.4 Å². The van der Waals surface area contributed by atoms with Gasteiger partial charge in [-0.1, -0.05) is 17.7 Å². The second kappa shape index (κ2) is 7.02. The lowest BCUT2D eigenvalue weighted by Crippen LogP contribution is -2.40. The highest BCUT2D eigenvalue weighted by Crippen LogP contribution is 2.22. The van der Waals surface area contributed by atoms with E-state index in [9.17, 15) is 9.59 Å². The number of rotatable bonds is 3. The Kier molecular flexibility index (Phi) is 4.56. The second-order valence-corrected chi connectivity index (χ2v) is 7.40. The van der Waals surface area contributed by atoms with Crippen LogP contribution in [0.25, 0.3) is 11.2 Å². The van der Waals surface area contributed by atoms with Gasteiger partial charge in [-0.05, 0) is 49.9 Å². The number of imidazole rings is 1. The molecule has 3 heterocycles. The topological polar surface area (TPSA) is 60.1 Å². The van der Waals surface area contributed by atoms with Gasteiger partial charge in [0, 0.05) is 38.4 Å². The molecule has 6 nitrogen and oxygen atoms in total. The first-order valence-electron chi connectivity index (χ1n) is 9.41. The number of carbonyl (C=O) groups is 1. The Morgan fingerprint density at radius 2 is 1.85 bits per heavy atom. The van der Waals surface area contributed by atoms with Crippen molar-refractivity contribution >= 4 is 17.1 Å². The summed E-state index contributed by atoms with van der Waals surface area (Å²) in [6.07, 6.45) is 3.52. The van der Waals surface area contributed by atoms with Gasteiger partial charge in [0.2, 0.25) is 0 Å². The van der Waals surface area contributed by atoms with Crippen LogP contribution in [0.4, 0.5) is 0 Å². The van der Waals surface area contributed by atoms with E-state index in [0.29, 0.717) is 12.5 Å². The molecular weight excluding hydrogens is 340 g/mol. The third-order valence-electron chi connectivity index (χ3n) is 5.54. The molecule has 1 amide bonds. The largest absolute Gasteiger partial charge is 0.339 e. The minimum atomic E-state index is -0.0261. The van der Waals surface area contributed by atoms with Gasteiger partial charge < -0.3 is 4.90 Å². The number of carbonyl (C=O) groups excluding carboxylic acids is 1. The Bertz CT molecular complexity index is 1020. The number of hydrogen-bond acceptors (Lipinski definition) is 3. The number of benzene rings is 1. The number of aryl methyl sites for hydroxylation is 2. The Morgan fingerprint density at radius 3 is 2.56 bits per heavy atom. The van der Waals surface area contributed by atoms with E-state index < -0.39 is 0 Å². The van der Waals surface area contributed by atoms with Gasteiger partial charge in [0.1, 0.15) is 0 Å². The highest BCUT2D eigenvalue weighted by molar-refractivity contribution is 5.94. The van der Waals surface area contributed by atoms with Crippen LogP contribution in [0.1, 0.15) is 28.8 Å². The predicted octanol–water partition coefficient (Wildman–Crippen LogP) is 2.60. The first kappa shape index (κ1) is 17.5. The van der Waals surface area contributed by atoms with Crippen molar-refractivity contribution in [3.8, 4) is 0 Å². The zero-order chi connectivity index (χ0) is 19.0. The maximum atomic E-state index is 12.7. The molecule has 27 heavy (non-hydrogen) atoms. The van der Waals surface area contributed by atoms with Gasteiger partial charge in [0.05, 0.1) is 5.52 Å². The van der Waals surface area contributed by atoms with Crippen molar-refractivity contribution in [2.24, 2.45) is 13.0 Å². The lowest BCUT2D eigenvalue weighted by atomic mass is 9.96. The van der Waals surface area contributed by atoms with Crippen LogP contribution < -0.4 is 5.69 Å². The molecule has 0 N–H and O–H groups in total. The summed E-state index contributed by atoms with van der Waals surface area (Å²) < 4.78 is 3.43. The highest BCUT2D eigenvalue weighted by atomic mass is 16.2. The maximum absolute atomic E-state index is 12.7. The summed E-state index contributed by atoms with van der Waals surface area (Å²) in [5, 5.41) is 0. The Labute approximate surface area is 158 Å². The van der Waals surface area contributed by atoms with Crippen LogP contribution >= 0.6 is 0 Å². The number of fused-ring (bicyclic) bond motifs is 1. The van der Waals surface area contributed by atoms with E-state index in [-0.39, 0.29) is 11.6 Å². The average molecular weight is 364 g/mol. The molecule has 2 aromatic heterocycles. The Morgan fingerprint density at radius 1 is 1.15 bits per heavy atom. The molecule has 0 saturated carbocycles. The molecule has 4 rings (SSSR count). The van der Waals surface area contributed by atoms with E-state index >= 15 is 0 Å². The van der Waals surface area contributed by atoms with Crippen LogP contribution in [-0.2, 0) is 13.6 Å². The molecule has 0 unspecified atom stereocenters. The van der Waals surface area contributed by atoms with Crippen molar-refractivity contribution in [3.05, 3.63) is 64.2 Å². The minimum Gasteiger partial charge on any atom is -0.339 e.